The second kappa shape index (κ2) is 7.52. The number of rotatable bonds is 5. The summed E-state index contributed by atoms with van der Waals surface area (Å²) >= 11 is 0. The molecule has 2 aromatic carbocycles. The van der Waals surface area contributed by atoms with Crippen molar-refractivity contribution >= 4 is 22.7 Å². The van der Waals surface area contributed by atoms with Crippen LogP contribution in [0.4, 0.5) is 10.5 Å². The van der Waals surface area contributed by atoms with E-state index >= 15 is 0 Å². The van der Waals surface area contributed by atoms with Gasteiger partial charge in [-0.25, -0.2) is 4.79 Å². The number of carbonyl (C=O) groups excluding carboxylic acids is 1. The van der Waals surface area contributed by atoms with Gasteiger partial charge in [-0.3, -0.25) is 0 Å². The minimum Gasteiger partial charge on any atom is -0.459 e. The number of urea groups is 1. The lowest BCUT2D eigenvalue weighted by Gasteiger charge is -2.23. The molecule has 0 aliphatic rings. The monoisotopic (exact) mass is 351 g/mol. The fourth-order valence-corrected chi connectivity index (χ4v) is 2.79. The zero-order valence-electron chi connectivity index (χ0n) is 15.7. The van der Waals surface area contributed by atoms with Gasteiger partial charge < -0.3 is 19.5 Å². The summed E-state index contributed by atoms with van der Waals surface area (Å²) in [4.78, 5) is 16.2. The van der Waals surface area contributed by atoms with Gasteiger partial charge in [0.1, 0.15) is 11.3 Å². The number of furan rings is 1. The van der Waals surface area contributed by atoms with Gasteiger partial charge in [0, 0.05) is 38.8 Å². The molecular formula is C21H25N3O2. The van der Waals surface area contributed by atoms with E-state index in [1.807, 2.05) is 80.5 Å². The Kier molecular flexibility index (Phi) is 5.16. The van der Waals surface area contributed by atoms with Crippen LogP contribution in [-0.4, -0.2) is 32.1 Å². The summed E-state index contributed by atoms with van der Waals surface area (Å²) in [6.45, 7) is 2.45. The van der Waals surface area contributed by atoms with E-state index in [-0.39, 0.29) is 12.1 Å². The number of nitrogens with zero attached hydrogens (tertiary/aromatic N) is 2. The molecule has 1 unspecified atom stereocenters. The molecule has 0 bridgehead atoms. The number of hydrogen-bond donors (Lipinski definition) is 1. The van der Waals surface area contributed by atoms with Crippen LogP contribution in [0.25, 0.3) is 11.0 Å². The Balaban J connectivity index is 1.61. The highest BCUT2D eigenvalue weighted by Crippen LogP contribution is 2.26. The molecule has 136 valence electrons. The molecule has 3 rings (SSSR count). The molecule has 0 spiro atoms. The zero-order chi connectivity index (χ0) is 18.7. The van der Waals surface area contributed by atoms with Gasteiger partial charge in [0.15, 0.2) is 0 Å². The van der Waals surface area contributed by atoms with Crippen LogP contribution in [0.3, 0.4) is 0 Å². The summed E-state index contributed by atoms with van der Waals surface area (Å²) < 4.78 is 5.87. The van der Waals surface area contributed by atoms with Crippen LogP contribution >= 0.6 is 0 Å². The molecule has 0 aliphatic heterocycles. The van der Waals surface area contributed by atoms with Gasteiger partial charge in [-0.05, 0) is 36.8 Å². The normalized spacial score (nSPS) is 12.0. The van der Waals surface area contributed by atoms with Crippen molar-refractivity contribution in [2.24, 2.45) is 0 Å². The van der Waals surface area contributed by atoms with Crippen molar-refractivity contribution in [2.45, 2.75) is 19.5 Å². The standard InChI is InChI=1S/C21H25N3O2/c1-15(20-13-17-7-5-6-8-19(17)26-20)24(4)21(25)22-14-16-9-11-18(12-10-16)23(2)3/h5-13,15H,14H2,1-4H3,(H,22,25). The topological polar surface area (TPSA) is 48.7 Å². The molecule has 1 aromatic heterocycles. The van der Waals surface area contributed by atoms with E-state index < -0.39 is 0 Å². The molecule has 0 fully saturated rings. The van der Waals surface area contributed by atoms with E-state index in [0.29, 0.717) is 6.54 Å². The lowest BCUT2D eigenvalue weighted by molar-refractivity contribution is 0.187. The van der Waals surface area contributed by atoms with Gasteiger partial charge >= 0.3 is 6.03 Å². The van der Waals surface area contributed by atoms with Crippen LogP contribution in [0.5, 0.6) is 0 Å². The first-order valence-corrected chi connectivity index (χ1v) is 8.71. The van der Waals surface area contributed by atoms with Crippen LogP contribution in [0, 0.1) is 0 Å². The Hall–Kier alpha value is -2.95. The van der Waals surface area contributed by atoms with Gasteiger partial charge in [-0.15, -0.1) is 0 Å². The number of anilines is 1. The van der Waals surface area contributed by atoms with Crippen molar-refractivity contribution in [3.05, 3.63) is 65.9 Å². The van der Waals surface area contributed by atoms with Gasteiger partial charge in [-0.1, -0.05) is 30.3 Å². The highest BCUT2D eigenvalue weighted by molar-refractivity contribution is 5.78. The predicted octanol–water partition coefficient (Wildman–Crippen LogP) is 4.40. The Morgan fingerprint density at radius 1 is 1.08 bits per heavy atom. The summed E-state index contributed by atoms with van der Waals surface area (Å²) in [5.41, 5.74) is 3.04. The number of benzene rings is 2. The molecule has 26 heavy (non-hydrogen) atoms. The number of nitrogens with one attached hydrogen (secondary N) is 1. The van der Waals surface area contributed by atoms with Crippen molar-refractivity contribution in [3.8, 4) is 0 Å². The van der Waals surface area contributed by atoms with Crippen LogP contribution < -0.4 is 10.2 Å². The molecule has 1 heterocycles. The van der Waals surface area contributed by atoms with Gasteiger partial charge in [0.2, 0.25) is 0 Å². The zero-order valence-corrected chi connectivity index (χ0v) is 15.7. The van der Waals surface area contributed by atoms with Gasteiger partial charge in [0.25, 0.3) is 0 Å². The molecule has 0 saturated carbocycles. The SMILES string of the molecule is CC(c1cc2ccccc2o1)N(C)C(=O)NCc1ccc(N(C)C)cc1. The smallest absolute Gasteiger partial charge is 0.318 e. The van der Waals surface area contributed by atoms with E-state index in [9.17, 15) is 4.79 Å². The second-order valence-electron chi connectivity index (χ2n) is 6.69. The Bertz CT molecular complexity index is 851. The average molecular weight is 351 g/mol. The van der Waals surface area contributed by atoms with Crippen molar-refractivity contribution in [3.63, 3.8) is 0 Å². The molecule has 0 aliphatic carbocycles. The molecule has 0 radical (unpaired) electrons. The maximum absolute atomic E-state index is 12.5. The summed E-state index contributed by atoms with van der Waals surface area (Å²) in [5.74, 6) is 0.777. The highest BCUT2D eigenvalue weighted by atomic mass is 16.3. The summed E-state index contributed by atoms with van der Waals surface area (Å²) in [5, 5.41) is 4.01. The van der Waals surface area contributed by atoms with Crippen LogP contribution in [0.1, 0.15) is 24.3 Å². The first-order valence-electron chi connectivity index (χ1n) is 8.71. The summed E-state index contributed by atoms with van der Waals surface area (Å²) in [6.07, 6.45) is 0. The van der Waals surface area contributed by atoms with Crippen LogP contribution in [0.15, 0.2) is 59.0 Å². The van der Waals surface area contributed by atoms with Crippen LogP contribution in [-0.2, 0) is 6.54 Å². The number of hydrogen-bond acceptors (Lipinski definition) is 3. The minimum absolute atomic E-state index is 0.130. The lowest BCUT2D eigenvalue weighted by atomic mass is 10.2. The molecule has 5 nitrogen and oxygen atoms in total. The van der Waals surface area contributed by atoms with Crippen molar-refractivity contribution in [1.29, 1.82) is 0 Å². The van der Waals surface area contributed by atoms with Crippen LogP contribution in [0.2, 0.25) is 0 Å². The molecule has 1 atom stereocenters. The maximum Gasteiger partial charge on any atom is 0.318 e. The second-order valence-corrected chi connectivity index (χ2v) is 6.69. The third kappa shape index (κ3) is 3.82. The number of para-hydroxylation sites is 1. The lowest BCUT2D eigenvalue weighted by Crippen LogP contribution is -2.38. The molecular weight excluding hydrogens is 326 g/mol. The molecule has 0 saturated heterocycles. The Morgan fingerprint density at radius 2 is 1.77 bits per heavy atom. The summed E-state index contributed by atoms with van der Waals surface area (Å²) in [7, 11) is 5.79. The number of fused-ring (bicyclic) bond motifs is 1. The van der Waals surface area contributed by atoms with E-state index in [1.54, 1.807) is 11.9 Å². The third-order valence-corrected chi connectivity index (χ3v) is 4.65. The van der Waals surface area contributed by atoms with Gasteiger partial charge in [0.05, 0.1) is 6.04 Å². The Labute approximate surface area is 154 Å². The van der Waals surface area contributed by atoms with E-state index in [0.717, 1.165) is 28.0 Å². The first kappa shape index (κ1) is 17.9. The fourth-order valence-electron chi connectivity index (χ4n) is 2.79. The fraction of sp³-hybridized carbons (Fsp3) is 0.286. The van der Waals surface area contributed by atoms with Gasteiger partial charge in [-0.2, -0.15) is 0 Å². The third-order valence-electron chi connectivity index (χ3n) is 4.65. The largest absolute Gasteiger partial charge is 0.459 e. The molecule has 2 amide bonds. The van der Waals surface area contributed by atoms with Crippen molar-refractivity contribution < 1.29 is 9.21 Å². The average Bonchev–Trinajstić information content (AvgIpc) is 3.09. The maximum atomic E-state index is 12.5. The number of carbonyl (C=O) groups is 1. The molecule has 5 heteroatoms. The number of amides is 2. The van der Waals surface area contributed by atoms with Crippen molar-refractivity contribution in [1.82, 2.24) is 10.2 Å². The molecule has 3 aromatic rings. The quantitative estimate of drug-likeness (QED) is 0.741. The molecule has 1 N–H and O–H groups in total. The Morgan fingerprint density at radius 3 is 2.42 bits per heavy atom. The van der Waals surface area contributed by atoms with E-state index in [2.05, 4.69) is 5.32 Å². The minimum atomic E-state index is -0.154. The van der Waals surface area contributed by atoms with E-state index in [1.165, 1.54) is 0 Å². The van der Waals surface area contributed by atoms with Crippen molar-refractivity contribution in [2.75, 3.05) is 26.0 Å². The first-order chi connectivity index (χ1) is 12.5. The predicted molar refractivity (Wildman–Crippen MR) is 105 cm³/mol. The van der Waals surface area contributed by atoms with E-state index in [4.69, 9.17) is 4.42 Å². The summed E-state index contributed by atoms with van der Waals surface area (Å²) in [6, 6.07) is 17.7. The highest BCUT2D eigenvalue weighted by Gasteiger charge is 2.20.